The molecule has 0 aromatic heterocycles. The van der Waals surface area contributed by atoms with E-state index in [9.17, 15) is 0 Å². The highest BCUT2D eigenvalue weighted by molar-refractivity contribution is 4.69. The van der Waals surface area contributed by atoms with E-state index in [1.54, 1.807) is 0 Å². The molecule has 86 valence electrons. The summed E-state index contributed by atoms with van der Waals surface area (Å²) in [7, 11) is 0. The summed E-state index contributed by atoms with van der Waals surface area (Å²) in [5.74, 6) is 2.27. The van der Waals surface area contributed by atoms with Gasteiger partial charge in [0.2, 0.25) is 0 Å². The summed E-state index contributed by atoms with van der Waals surface area (Å²) >= 11 is 0. The van der Waals surface area contributed by atoms with Gasteiger partial charge in [0, 0.05) is 6.61 Å². The molecular formula is C12H27NO. The van der Waals surface area contributed by atoms with E-state index in [1.807, 2.05) is 0 Å². The normalized spacial score (nSPS) is 12.0. The minimum atomic E-state index is 0.319. The average Bonchev–Trinajstić information content (AvgIpc) is 2.09. The molecule has 0 aliphatic heterocycles. The maximum atomic E-state index is 8.62. The summed E-state index contributed by atoms with van der Waals surface area (Å²) in [6.07, 6.45) is 2.00. The first-order valence-electron chi connectivity index (χ1n) is 5.91. The lowest BCUT2D eigenvalue weighted by Crippen LogP contribution is -2.30. The fraction of sp³-hybridized carbons (Fsp3) is 1.00. The van der Waals surface area contributed by atoms with E-state index >= 15 is 0 Å². The van der Waals surface area contributed by atoms with Gasteiger partial charge in [0.15, 0.2) is 0 Å². The Morgan fingerprint density at radius 2 is 1.57 bits per heavy atom. The monoisotopic (exact) mass is 201 g/mol. The van der Waals surface area contributed by atoms with Crippen molar-refractivity contribution in [2.45, 2.75) is 40.5 Å². The van der Waals surface area contributed by atoms with Gasteiger partial charge in [-0.1, -0.05) is 27.7 Å². The first-order chi connectivity index (χ1) is 6.59. The van der Waals surface area contributed by atoms with Gasteiger partial charge in [0.25, 0.3) is 0 Å². The molecule has 0 spiro atoms. The van der Waals surface area contributed by atoms with Gasteiger partial charge in [0.1, 0.15) is 0 Å². The molecule has 0 saturated heterocycles. The highest BCUT2D eigenvalue weighted by Gasteiger charge is 2.16. The molecule has 0 aliphatic carbocycles. The standard InChI is InChI=1S/C12H27NO/c1-10(2)12(11(3)4)9-13-7-5-6-8-14/h10-14H,5-9H2,1-4H3. The number of aliphatic hydroxyl groups excluding tert-OH is 1. The molecule has 0 radical (unpaired) electrons. The Morgan fingerprint density at radius 1 is 1.00 bits per heavy atom. The van der Waals surface area contributed by atoms with Crippen LogP contribution in [0, 0.1) is 17.8 Å². The van der Waals surface area contributed by atoms with E-state index in [4.69, 9.17) is 5.11 Å². The van der Waals surface area contributed by atoms with Crippen molar-refractivity contribution in [3.63, 3.8) is 0 Å². The van der Waals surface area contributed by atoms with Crippen molar-refractivity contribution in [2.24, 2.45) is 17.8 Å². The van der Waals surface area contributed by atoms with Gasteiger partial charge in [-0.15, -0.1) is 0 Å². The second-order valence-corrected chi connectivity index (χ2v) is 4.79. The zero-order valence-electron chi connectivity index (χ0n) is 10.2. The molecule has 0 fully saturated rings. The van der Waals surface area contributed by atoms with Crippen molar-refractivity contribution in [1.82, 2.24) is 5.32 Å². The number of aliphatic hydroxyl groups is 1. The summed E-state index contributed by atoms with van der Waals surface area (Å²) in [4.78, 5) is 0. The molecule has 0 rings (SSSR count). The summed E-state index contributed by atoms with van der Waals surface area (Å²) in [6, 6.07) is 0. The summed E-state index contributed by atoms with van der Waals surface area (Å²) in [5, 5.41) is 12.1. The maximum absolute atomic E-state index is 8.62. The molecule has 14 heavy (non-hydrogen) atoms. The van der Waals surface area contributed by atoms with E-state index in [0.717, 1.165) is 43.7 Å². The van der Waals surface area contributed by atoms with Crippen LogP contribution in [0.15, 0.2) is 0 Å². The van der Waals surface area contributed by atoms with E-state index < -0.39 is 0 Å². The van der Waals surface area contributed by atoms with Crippen LogP contribution in [0.2, 0.25) is 0 Å². The topological polar surface area (TPSA) is 32.3 Å². The SMILES string of the molecule is CC(C)C(CNCCCCO)C(C)C. The molecule has 0 atom stereocenters. The van der Waals surface area contributed by atoms with Crippen LogP contribution < -0.4 is 5.32 Å². The third-order valence-corrected chi connectivity index (χ3v) is 2.85. The smallest absolute Gasteiger partial charge is 0.0431 e. The number of rotatable bonds is 8. The predicted molar refractivity (Wildman–Crippen MR) is 62.4 cm³/mol. The van der Waals surface area contributed by atoms with Crippen molar-refractivity contribution in [1.29, 1.82) is 0 Å². The first kappa shape index (κ1) is 13.9. The molecular weight excluding hydrogens is 174 g/mol. The molecule has 0 bridgehead atoms. The third kappa shape index (κ3) is 6.39. The van der Waals surface area contributed by atoms with Gasteiger partial charge in [0.05, 0.1) is 0 Å². The maximum Gasteiger partial charge on any atom is 0.0431 e. The zero-order valence-corrected chi connectivity index (χ0v) is 10.2. The predicted octanol–water partition coefficient (Wildman–Crippen LogP) is 2.28. The summed E-state index contributed by atoms with van der Waals surface area (Å²) in [5.41, 5.74) is 0. The molecule has 0 saturated carbocycles. The molecule has 2 heteroatoms. The van der Waals surface area contributed by atoms with Crippen LogP contribution in [0.3, 0.4) is 0 Å². The number of unbranched alkanes of at least 4 members (excludes halogenated alkanes) is 1. The molecule has 0 amide bonds. The molecule has 0 heterocycles. The summed E-state index contributed by atoms with van der Waals surface area (Å²) in [6.45, 7) is 11.6. The number of hydrogen-bond acceptors (Lipinski definition) is 2. The van der Waals surface area contributed by atoms with E-state index in [1.165, 1.54) is 0 Å². The van der Waals surface area contributed by atoms with Gasteiger partial charge in [-0.2, -0.15) is 0 Å². The van der Waals surface area contributed by atoms with Gasteiger partial charge in [-0.3, -0.25) is 0 Å². The van der Waals surface area contributed by atoms with E-state index in [-0.39, 0.29) is 0 Å². The third-order valence-electron chi connectivity index (χ3n) is 2.85. The minimum absolute atomic E-state index is 0.319. The van der Waals surface area contributed by atoms with Crippen LogP contribution in [0.25, 0.3) is 0 Å². The Morgan fingerprint density at radius 3 is 2.00 bits per heavy atom. The van der Waals surface area contributed by atoms with Gasteiger partial charge < -0.3 is 10.4 Å². The average molecular weight is 201 g/mol. The zero-order chi connectivity index (χ0) is 11.0. The fourth-order valence-corrected chi connectivity index (χ4v) is 1.87. The van der Waals surface area contributed by atoms with Crippen molar-refractivity contribution >= 4 is 0 Å². The highest BCUT2D eigenvalue weighted by atomic mass is 16.2. The van der Waals surface area contributed by atoms with Crippen molar-refractivity contribution in [2.75, 3.05) is 19.7 Å². The van der Waals surface area contributed by atoms with E-state index in [2.05, 4.69) is 33.0 Å². The Bertz CT molecular complexity index is 115. The molecule has 0 aromatic rings. The Balaban J connectivity index is 3.52. The van der Waals surface area contributed by atoms with Crippen LogP contribution in [0.5, 0.6) is 0 Å². The summed E-state index contributed by atoms with van der Waals surface area (Å²) < 4.78 is 0. The lowest BCUT2D eigenvalue weighted by Gasteiger charge is -2.25. The fourth-order valence-electron chi connectivity index (χ4n) is 1.87. The van der Waals surface area contributed by atoms with Gasteiger partial charge in [-0.25, -0.2) is 0 Å². The van der Waals surface area contributed by atoms with Crippen LogP contribution >= 0.6 is 0 Å². The van der Waals surface area contributed by atoms with Crippen LogP contribution in [-0.2, 0) is 0 Å². The van der Waals surface area contributed by atoms with E-state index in [0.29, 0.717) is 6.61 Å². The Kier molecular flexibility index (Phi) is 8.20. The first-order valence-corrected chi connectivity index (χ1v) is 5.91. The number of hydrogen-bond donors (Lipinski definition) is 2. The molecule has 0 unspecified atom stereocenters. The van der Waals surface area contributed by atoms with Gasteiger partial charge >= 0.3 is 0 Å². The quantitative estimate of drug-likeness (QED) is 0.591. The highest BCUT2D eigenvalue weighted by Crippen LogP contribution is 2.19. The number of nitrogens with one attached hydrogen (secondary N) is 1. The second-order valence-electron chi connectivity index (χ2n) is 4.79. The lowest BCUT2D eigenvalue weighted by molar-refractivity contribution is 0.266. The van der Waals surface area contributed by atoms with Crippen molar-refractivity contribution in [3.05, 3.63) is 0 Å². The second kappa shape index (κ2) is 8.25. The van der Waals surface area contributed by atoms with Gasteiger partial charge in [-0.05, 0) is 43.7 Å². The van der Waals surface area contributed by atoms with Crippen molar-refractivity contribution in [3.8, 4) is 0 Å². The molecule has 2 N–H and O–H groups in total. The minimum Gasteiger partial charge on any atom is -0.396 e. The van der Waals surface area contributed by atoms with Crippen LogP contribution in [-0.4, -0.2) is 24.8 Å². The van der Waals surface area contributed by atoms with Crippen molar-refractivity contribution < 1.29 is 5.11 Å². The van der Waals surface area contributed by atoms with Crippen LogP contribution in [0.1, 0.15) is 40.5 Å². The lowest BCUT2D eigenvalue weighted by atomic mass is 9.85. The Hall–Kier alpha value is -0.0800. The molecule has 2 nitrogen and oxygen atoms in total. The largest absolute Gasteiger partial charge is 0.396 e. The Labute approximate surface area is 89.1 Å². The molecule has 0 aliphatic rings. The van der Waals surface area contributed by atoms with Crippen LogP contribution in [0.4, 0.5) is 0 Å². The molecule has 0 aromatic carbocycles.